The SMILES string of the molecule is Cc1ccc([C@]2(C)NC(=O)N(CC(=O)N[C@H]3CCCC[C@@H]3C)C2=O)cc1. The van der Waals surface area contributed by atoms with E-state index in [-0.39, 0.29) is 18.5 Å². The molecule has 0 radical (unpaired) electrons. The number of amides is 4. The molecule has 6 nitrogen and oxygen atoms in total. The van der Waals surface area contributed by atoms with Gasteiger partial charge in [0.1, 0.15) is 12.1 Å². The normalized spacial score (nSPS) is 28.8. The van der Waals surface area contributed by atoms with E-state index in [2.05, 4.69) is 17.6 Å². The first kappa shape index (κ1) is 18.4. The number of aryl methyl sites for hydroxylation is 1. The fraction of sp³-hybridized carbons (Fsp3) is 0.550. The molecule has 2 fully saturated rings. The lowest BCUT2D eigenvalue weighted by molar-refractivity contribution is -0.135. The highest BCUT2D eigenvalue weighted by molar-refractivity contribution is 6.09. The van der Waals surface area contributed by atoms with Gasteiger partial charge in [0.25, 0.3) is 5.91 Å². The fourth-order valence-corrected chi connectivity index (χ4v) is 3.85. The number of imide groups is 1. The lowest BCUT2D eigenvalue weighted by atomic mass is 9.86. The largest absolute Gasteiger partial charge is 0.352 e. The van der Waals surface area contributed by atoms with Gasteiger partial charge in [0, 0.05) is 6.04 Å². The van der Waals surface area contributed by atoms with Crippen molar-refractivity contribution >= 4 is 17.8 Å². The molecular formula is C20H27N3O3. The maximum absolute atomic E-state index is 12.9. The second-order valence-corrected chi connectivity index (χ2v) is 7.75. The van der Waals surface area contributed by atoms with Crippen LogP contribution in [0.15, 0.2) is 24.3 Å². The van der Waals surface area contributed by atoms with E-state index in [0.29, 0.717) is 11.5 Å². The van der Waals surface area contributed by atoms with E-state index in [4.69, 9.17) is 0 Å². The van der Waals surface area contributed by atoms with Crippen LogP contribution >= 0.6 is 0 Å². The van der Waals surface area contributed by atoms with Gasteiger partial charge in [-0.2, -0.15) is 0 Å². The summed E-state index contributed by atoms with van der Waals surface area (Å²) >= 11 is 0. The minimum absolute atomic E-state index is 0.125. The number of benzene rings is 1. The van der Waals surface area contributed by atoms with Crippen LogP contribution in [0.5, 0.6) is 0 Å². The molecule has 26 heavy (non-hydrogen) atoms. The Morgan fingerprint density at radius 3 is 2.54 bits per heavy atom. The molecule has 1 heterocycles. The molecule has 1 aromatic carbocycles. The molecule has 4 amide bonds. The van der Waals surface area contributed by atoms with Crippen molar-refractivity contribution in [3.05, 3.63) is 35.4 Å². The molecule has 1 saturated carbocycles. The minimum Gasteiger partial charge on any atom is -0.352 e. The van der Waals surface area contributed by atoms with E-state index in [0.717, 1.165) is 29.7 Å². The molecule has 3 atom stereocenters. The second-order valence-electron chi connectivity index (χ2n) is 7.75. The molecular weight excluding hydrogens is 330 g/mol. The number of hydrogen-bond acceptors (Lipinski definition) is 3. The van der Waals surface area contributed by atoms with Crippen molar-refractivity contribution in [3.63, 3.8) is 0 Å². The van der Waals surface area contributed by atoms with Gasteiger partial charge in [-0.15, -0.1) is 0 Å². The standard InChI is InChI=1S/C20H27N3O3/c1-13-8-10-15(11-9-13)20(3)18(25)23(19(26)22-20)12-17(24)21-16-7-5-4-6-14(16)2/h8-11,14,16H,4-7,12H2,1-3H3,(H,21,24)(H,22,26)/t14-,16-,20-/m0/s1. The first-order valence-corrected chi connectivity index (χ1v) is 9.32. The van der Waals surface area contributed by atoms with Gasteiger partial charge in [-0.1, -0.05) is 49.6 Å². The predicted octanol–water partition coefficient (Wildman–Crippen LogP) is 2.46. The number of urea groups is 1. The third-order valence-corrected chi connectivity index (χ3v) is 5.66. The third kappa shape index (κ3) is 3.45. The van der Waals surface area contributed by atoms with Crippen LogP contribution in [0.1, 0.15) is 50.7 Å². The topological polar surface area (TPSA) is 78.5 Å². The second kappa shape index (κ2) is 7.09. The number of carbonyl (C=O) groups is 3. The third-order valence-electron chi connectivity index (χ3n) is 5.66. The summed E-state index contributed by atoms with van der Waals surface area (Å²) in [6.07, 6.45) is 4.34. The van der Waals surface area contributed by atoms with E-state index >= 15 is 0 Å². The van der Waals surface area contributed by atoms with E-state index in [1.54, 1.807) is 6.92 Å². The Bertz CT molecular complexity index is 716. The van der Waals surface area contributed by atoms with Gasteiger partial charge in [0.05, 0.1) is 0 Å². The van der Waals surface area contributed by atoms with Crippen LogP contribution in [0.25, 0.3) is 0 Å². The number of carbonyl (C=O) groups excluding carboxylic acids is 3. The first-order valence-electron chi connectivity index (χ1n) is 9.32. The Morgan fingerprint density at radius 1 is 1.23 bits per heavy atom. The highest BCUT2D eigenvalue weighted by atomic mass is 16.2. The average Bonchev–Trinajstić information content (AvgIpc) is 2.82. The smallest absolute Gasteiger partial charge is 0.325 e. The molecule has 1 aromatic rings. The van der Waals surface area contributed by atoms with Crippen LogP contribution in [0, 0.1) is 12.8 Å². The van der Waals surface area contributed by atoms with Crippen LogP contribution < -0.4 is 10.6 Å². The van der Waals surface area contributed by atoms with E-state index in [1.165, 1.54) is 6.42 Å². The van der Waals surface area contributed by atoms with E-state index in [9.17, 15) is 14.4 Å². The van der Waals surface area contributed by atoms with Crippen LogP contribution in [0.4, 0.5) is 4.79 Å². The van der Waals surface area contributed by atoms with Crippen LogP contribution in [0.3, 0.4) is 0 Å². The van der Waals surface area contributed by atoms with Crippen LogP contribution in [-0.2, 0) is 15.1 Å². The molecule has 1 saturated heterocycles. The van der Waals surface area contributed by atoms with Gasteiger partial charge >= 0.3 is 6.03 Å². The monoisotopic (exact) mass is 357 g/mol. The molecule has 1 aliphatic heterocycles. The van der Waals surface area contributed by atoms with Crippen LogP contribution in [-0.4, -0.2) is 35.3 Å². The molecule has 0 aromatic heterocycles. The minimum atomic E-state index is -1.14. The Balaban J connectivity index is 1.68. The van der Waals surface area contributed by atoms with Crippen molar-refractivity contribution < 1.29 is 14.4 Å². The summed E-state index contributed by atoms with van der Waals surface area (Å²) in [6, 6.07) is 7.08. The zero-order valence-electron chi connectivity index (χ0n) is 15.7. The number of nitrogens with one attached hydrogen (secondary N) is 2. The molecule has 6 heteroatoms. The van der Waals surface area contributed by atoms with E-state index < -0.39 is 17.5 Å². The Hall–Kier alpha value is -2.37. The van der Waals surface area contributed by atoms with Gasteiger partial charge in [-0.3, -0.25) is 14.5 Å². The van der Waals surface area contributed by atoms with Gasteiger partial charge in [-0.25, -0.2) is 4.79 Å². The molecule has 140 valence electrons. The van der Waals surface area contributed by atoms with Gasteiger partial charge in [-0.05, 0) is 38.2 Å². The number of rotatable bonds is 4. The van der Waals surface area contributed by atoms with Crippen molar-refractivity contribution in [3.8, 4) is 0 Å². The summed E-state index contributed by atoms with van der Waals surface area (Å²) in [7, 11) is 0. The molecule has 2 aliphatic rings. The molecule has 0 spiro atoms. The summed E-state index contributed by atoms with van der Waals surface area (Å²) in [4.78, 5) is 38.7. The summed E-state index contributed by atoms with van der Waals surface area (Å²) in [5, 5.41) is 5.74. The lowest BCUT2D eigenvalue weighted by Crippen LogP contribution is -2.47. The van der Waals surface area contributed by atoms with Gasteiger partial charge in [0.2, 0.25) is 5.91 Å². The quantitative estimate of drug-likeness (QED) is 0.813. The van der Waals surface area contributed by atoms with Gasteiger partial charge in [0.15, 0.2) is 0 Å². The maximum atomic E-state index is 12.9. The summed E-state index contributed by atoms with van der Waals surface area (Å²) < 4.78 is 0. The predicted molar refractivity (Wildman–Crippen MR) is 98.3 cm³/mol. The zero-order valence-corrected chi connectivity index (χ0v) is 15.7. The van der Waals surface area contributed by atoms with Crippen molar-refractivity contribution in [2.45, 2.75) is 58.0 Å². The Labute approximate surface area is 154 Å². The molecule has 3 rings (SSSR count). The molecule has 0 bridgehead atoms. The molecule has 1 aliphatic carbocycles. The molecule has 0 unspecified atom stereocenters. The van der Waals surface area contributed by atoms with E-state index in [1.807, 2.05) is 31.2 Å². The summed E-state index contributed by atoms with van der Waals surface area (Å²) in [5.41, 5.74) is 0.653. The van der Waals surface area contributed by atoms with Crippen molar-refractivity contribution in [1.29, 1.82) is 0 Å². The zero-order chi connectivity index (χ0) is 18.9. The van der Waals surface area contributed by atoms with Crippen molar-refractivity contribution in [2.24, 2.45) is 5.92 Å². The highest BCUT2D eigenvalue weighted by Gasteiger charge is 2.49. The number of nitrogens with zero attached hydrogens (tertiary/aromatic N) is 1. The first-order chi connectivity index (χ1) is 12.3. The fourth-order valence-electron chi connectivity index (χ4n) is 3.85. The summed E-state index contributed by atoms with van der Waals surface area (Å²) in [6.45, 7) is 5.53. The average molecular weight is 357 g/mol. The van der Waals surface area contributed by atoms with Crippen molar-refractivity contribution in [2.75, 3.05) is 6.54 Å². The Morgan fingerprint density at radius 2 is 1.88 bits per heavy atom. The highest BCUT2D eigenvalue weighted by Crippen LogP contribution is 2.29. The number of hydrogen-bond donors (Lipinski definition) is 2. The summed E-state index contributed by atoms with van der Waals surface area (Å²) in [5.74, 6) is -0.243. The van der Waals surface area contributed by atoms with Crippen molar-refractivity contribution in [1.82, 2.24) is 15.5 Å². The lowest BCUT2D eigenvalue weighted by Gasteiger charge is -2.30. The molecule has 2 N–H and O–H groups in total. The maximum Gasteiger partial charge on any atom is 0.325 e. The Kier molecular flexibility index (Phi) is 5.03. The van der Waals surface area contributed by atoms with Crippen LogP contribution in [0.2, 0.25) is 0 Å². The van der Waals surface area contributed by atoms with Gasteiger partial charge < -0.3 is 10.6 Å².